The van der Waals surface area contributed by atoms with Crippen molar-refractivity contribution in [2.75, 3.05) is 7.11 Å². The number of ether oxygens (including phenoxy) is 2. The summed E-state index contributed by atoms with van der Waals surface area (Å²) < 4.78 is 10.5. The van der Waals surface area contributed by atoms with Gasteiger partial charge in [0.25, 0.3) is 0 Å². The van der Waals surface area contributed by atoms with Crippen molar-refractivity contribution in [3.8, 4) is 5.75 Å². The predicted octanol–water partition coefficient (Wildman–Crippen LogP) is 4.80. The SMILES string of the molecule is COC(=O)c1ccc(COc2ccc(C=Nc3ccccc3)cc2)cc1. The van der Waals surface area contributed by atoms with Crippen molar-refractivity contribution < 1.29 is 14.3 Å². The first-order chi connectivity index (χ1) is 12.7. The number of benzene rings is 3. The molecule has 0 radical (unpaired) electrons. The largest absolute Gasteiger partial charge is 0.489 e. The summed E-state index contributed by atoms with van der Waals surface area (Å²) in [7, 11) is 1.37. The van der Waals surface area contributed by atoms with Crippen molar-refractivity contribution in [3.05, 3.63) is 95.6 Å². The number of nitrogens with zero attached hydrogens (tertiary/aromatic N) is 1. The van der Waals surface area contributed by atoms with E-state index in [0.29, 0.717) is 12.2 Å². The summed E-state index contributed by atoms with van der Waals surface area (Å²) in [5, 5.41) is 0. The summed E-state index contributed by atoms with van der Waals surface area (Å²) in [5.41, 5.74) is 3.43. The van der Waals surface area contributed by atoms with E-state index in [4.69, 9.17) is 4.74 Å². The first kappa shape index (κ1) is 17.4. The second-order valence-corrected chi connectivity index (χ2v) is 5.64. The lowest BCUT2D eigenvalue weighted by molar-refractivity contribution is 0.0600. The molecule has 0 heterocycles. The van der Waals surface area contributed by atoms with E-state index >= 15 is 0 Å². The number of hydrogen-bond acceptors (Lipinski definition) is 4. The Bertz CT molecular complexity index is 870. The predicted molar refractivity (Wildman–Crippen MR) is 102 cm³/mol. The molecule has 26 heavy (non-hydrogen) atoms. The van der Waals surface area contributed by atoms with Gasteiger partial charge in [-0.2, -0.15) is 0 Å². The first-order valence-electron chi connectivity index (χ1n) is 8.24. The Morgan fingerprint density at radius 2 is 1.62 bits per heavy atom. The summed E-state index contributed by atoms with van der Waals surface area (Å²) in [4.78, 5) is 15.8. The van der Waals surface area contributed by atoms with E-state index in [1.807, 2.05) is 72.9 Å². The normalized spacial score (nSPS) is 10.7. The fraction of sp³-hybridized carbons (Fsp3) is 0.0909. The Morgan fingerprint density at radius 3 is 2.27 bits per heavy atom. The molecule has 0 aliphatic heterocycles. The lowest BCUT2D eigenvalue weighted by atomic mass is 10.1. The van der Waals surface area contributed by atoms with Crippen molar-refractivity contribution in [2.45, 2.75) is 6.61 Å². The van der Waals surface area contributed by atoms with Crippen LogP contribution in [0.1, 0.15) is 21.5 Å². The molecule has 4 heteroatoms. The van der Waals surface area contributed by atoms with Gasteiger partial charge < -0.3 is 9.47 Å². The van der Waals surface area contributed by atoms with Crippen LogP contribution in [0.4, 0.5) is 5.69 Å². The van der Waals surface area contributed by atoms with Gasteiger partial charge in [-0.1, -0.05) is 30.3 Å². The van der Waals surface area contributed by atoms with Gasteiger partial charge in [-0.25, -0.2) is 4.79 Å². The highest BCUT2D eigenvalue weighted by atomic mass is 16.5. The quantitative estimate of drug-likeness (QED) is 0.476. The van der Waals surface area contributed by atoms with Crippen LogP contribution in [0.15, 0.2) is 83.9 Å². The smallest absolute Gasteiger partial charge is 0.337 e. The fourth-order valence-corrected chi connectivity index (χ4v) is 2.33. The summed E-state index contributed by atoms with van der Waals surface area (Å²) in [6, 6.07) is 24.7. The topological polar surface area (TPSA) is 47.9 Å². The number of carbonyl (C=O) groups excluding carboxylic acids is 1. The summed E-state index contributed by atoms with van der Waals surface area (Å²) in [6.07, 6.45) is 1.82. The van der Waals surface area contributed by atoms with Crippen molar-refractivity contribution >= 4 is 17.9 Å². The lowest BCUT2D eigenvalue weighted by Crippen LogP contribution is -2.02. The van der Waals surface area contributed by atoms with Crippen LogP contribution in [-0.2, 0) is 11.3 Å². The van der Waals surface area contributed by atoms with Gasteiger partial charge in [0.1, 0.15) is 12.4 Å². The molecule has 0 saturated carbocycles. The zero-order valence-electron chi connectivity index (χ0n) is 14.5. The van der Waals surface area contributed by atoms with Crippen molar-refractivity contribution in [1.29, 1.82) is 0 Å². The number of aliphatic imine (C=N–C) groups is 1. The van der Waals surface area contributed by atoms with Crippen LogP contribution < -0.4 is 4.74 Å². The zero-order valence-corrected chi connectivity index (χ0v) is 14.5. The molecular formula is C22H19NO3. The van der Waals surface area contributed by atoms with Gasteiger partial charge >= 0.3 is 5.97 Å². The number of carbonyl (C=O) groups is 1. The Hall–Kier alpha value is -3.40. The number of rotatable bonds is 6. The van der Waals surface area contributed by atoms with E-state index in [-0.39, 0.29) is 5.97 Å². The van der Waals surface area contributed by atoms with E-state index < -0.39 is 0 Å². The summed E-state index contributed by atoms with van der Waals surface area (Å²) in [6.45, 7) is 0.429. The maximum Gasteiger partial charge on any atom is 0.337 e. The molecule has 0 aliphatic carbocycles. The van der Waals surface area contributed by atoms with Gasteiger partial charge in [0, 0.05) is 6.21 Å². The van der Waals surface area contributed by atoms with E-state index in [9.17, 15) is 4.79 Å². The van der Waals surface area contributed by atoms with Gasteiger partial charge in [-0.05, 0) is 59.7 Å². The number of para-hydroxylation sites is 1. The van der Waals surface area contributed by atoms with Crippen LogP contribution in [0.2, 0.25) is 0 Å². The molecule has 0 aliphatic rings. The monoisotopic (exact) mass is 345 g/mol. The highest BCUT2D eigenvalue weighted by Gasteiger charge is 2.04. The Balaban J connectivity index is 1.56. The van der Waals surface area contributed by atoms with Gasteiger partial charge in [-0.15, -0.1) is 0 Å². The maximum absolute atomic E-state index is 11.4. The highest BCUT2D eigenvalue weighted by molar-refractivity contribution is 5.89. The van der Waals surface area contributed by atoms with Crippen LogP contribution in [0.5, 0.6) is 5.75 Å². The molecule has 0 bridgehead atoms. The summed E-state index contributed by atoms with van der Waals surface area (Å²) in [5.74, 6) is 0.434. The van der Waals surface area contributed by atoms with Crippen LogP contribution in [0, 0.1) is 0 Å². The average Bonchev–Trinajstić information content (AvgIpc) is 2.72. The van der Waals surface area contributed by atoms with Crippen LogP contribution in [-0.4, -0.2) is 19.3 Å². The molecule has 130 valence electrons. The average molecular weight is 345 g/mol. The fourth-order valence-electron chi connectivity index (χ4n) is 2.33. The molecular weight excluding hydrogens is 326 g/mol. The van der Waals surface area contributed by atoms with E-state index in [1.165, 1.54) is 7.11 Å². The molecule has 4 nitrogen and oxygen atoms in total. The van der Waals surface area contributed by atoms with Crippen LogP contribution >= 0.6 is 0 Å². The maximum atomic E-state index is 11.4. The third kappa shape index (κ3) is 4.80. The molecule has 0 amide bonds. The van der Waals surface area contributed by atoms with E-state index in [1.54, 1.807) is 12.1 Å². The third-order valence-corrected chi connectivity index (χ3v) is 3.78. The molecule has 3 aromatic rings. The molecule has 0 spiro atoms. The molecule has 0 N–H and O–H groups in total. The highest BCUT2D eigenvalue weighted by Crippen LogP contribution is 2.15. The van der Waals surface area contributed by atoms with Gasteiger partial charge in [0.2, 0.25) is 0 Å². The lowest BCUT2D eigenvalue weighted by Gasteiger charge is -2.07. The van der Waals surface area contributed by atoms with Gasteiger partial charge in [-0.3, -0.25) is 4.99 Å². The Kier molecular flexibility index (Phi) is 5.78. The van der Waals surface area contributed by atoms with Crippen LogP contribution in [0.25, 0.3) is 0 Å². The minimum absolute atomic E-state index is 0.342. The second-order valence-electron chi connectivity index (χ2n) is 5.64. The Morgan fingerprint density at radius 1 is 0.923 bits per heavy atom. The number of methoxy groups -OCH3 is 1. The molecule has 0 fully saturated rings. The van der Waals surface area contributed by atoms with Gasteiger partial charge in [0.15, 0.2) is 0 Å². The molecule has 3 aromatic carbocycles. The van der Waals surface area contributed by atoms with E-state index in [2.05, 4.69) is 9.73 Å². The van der Waals surface area contributed by atoms with Crippen molar-refractivity contribution in [2.24, 2.45) is 4.99 Å². The van der Waals surface area contributed by atoms with Crippen molar-refractivity contribution in [3.63, 3.8) is 0 Å². The summed E-state index contributed by atoms with van der Waals surface area (Å²) >= 11 is 0. The molecule has 0 atom stereocenters. The van der Waals surface area contributed by atoms with Crippen molar-refractivity contribution in [1.82, 2.24) is 0 Å². The molecule has 0 aromatic heterocycles. The molecule has 0 unspecified atom stereocenters. The second kappa shape index (κ2) is 8.62. The standard InChI is InChI=1S/C22H19NO3/c1-25-22(24)19-11-7-18(8-12-19)16-26-21-13-9-17(10-14-21)15-23-20-5-3-2-4-6-20/h2-15H,16H2,1H3. The van der Waals surface area contributed by atoms with E-state index in [0.717, 1.165) is 22.6 Å². The minimum atomic E-state index is -0.342. The first-order valence-corrected chi connectivity index (χ1v) is 8.24. The number of hydrogen-bond donors (Lipinski definition) is 0. The molecule has 0 saturated heterocycles. The third-order valence-electron chi connectivity index (χ3n) is 3.78. The number of esters is 1. The van der Waals surface area contributed by atoms with Crippen LogP contribution in [0.3, 0.4) is 0 Å². The zero-order chi connectivity index (χ0) is 18.2. The van der Waals surface area contributed by atoms with Gasteiger partial charge in [0.05, 0.1) is 18.4 Å². The Labute approximate surface area is 152 Å². The minimum Gasteiger partial charge on any atom is -0.489 e. The molecule has 3 rings (SSSR count).